The molecule has 0 saturated carbocycles. The summed E-state index contributed by atoms with van der Waals surface area (Å²) in [6.45, 7) is 5.75. The Hall–Kier alpha value is -0.0600. The average molecular weight is 310 g/mol. The van der Waals surface area contributed by atoms with Gasteiger partial charge in [0.2, 0.25) is 0 Å². The summed E-state index contributed by atoms with van der Waals surface area (Å²) < 4.78 is 0.0896. The summed E-state index contributed by atoms with van der Waals surface area (Å²) in [5, 5.41) is 8.69. The van der Waals surface area contributed by atoms with Crippen LogP contribution in [0.25, 0.3) is 0 Å². The molecule has 0 fully saturated rings. The van der Waals surface area contributed by atoms with Gasteiger partial charge in [-0.25, -0.2) is 4.79 Å². The smallest absolute Gasteiger partial charge is 0.332 e. The third kappa shape index (κ3) is 6.40. The Bertz CT molecular complexity index is 190. The van der Waals surface area contributed by atoms with Crippen LogP contribution in [0.5, 0.6) is 0 Å². The van der Waals surface area contributed by atoms with E-state index in [9.17, 15) is 4.79 Å². The Labute approximate surface area is 99.9 Å². The Morgan fingerprint density at radius 3 is 2.43 bits per heavy atom. The third-order valence-corrected chi connectivity index (χ3v) is 3.59. The normalized spacial score (nSPS) is 12.4. The van der Waals surface area contributed by atoms with E-state index in [1.54, 1.807) is 0 Å². The van der Waals surface area contributed by atoms with Crippen molar-refractivity contribution < 1.29 is 9.90 Å². The number of unbranched alkanes of at least 4 members (excludes halogenated alkanes) is 4. The molecule has 1 atom stereocenters. The van der Waals surface area contributed by atoms with Crippen molar-refractivity contribution in [2.45, 2.75) is 49.4 Å². The molecule has 0 rings (SSSR count). The molecule has 0 heterocycles. The van der Waals surface area contributed by atoms with Crippen molar-refractivity contribution in [3.63, 3.8) is 0 Å². The largest absolute Gasteiger partial charge is 0.478 e. The van der Waals surface area contributed by atoms with Crippen LogP contribution in [0.2, 0.25) is 0 Å². The molecule has 0 amide bonds. The average Bonchev–Trinajstić information content (AvgIpc) is 2.16. The van der Waals surface area contributed by atoms with Crippen molar-refractivity contribution in [2.75, 3.05) is 0 Å². The maximum atomic E-state index is 10.6. The van der Waals surface area contributed by atoms with Crippen molar-refractivity contribution >= 4 is 28.6 Å². The van der Waals surface area contributed by atoms with Gasteiger partial charge in [-0.2, -0.15) is 0 Å². The van der Waals surface area contributed by atoms with Gasteiger partial charge in [-0.05, 0) is 6.42 Å². The van der Waals surface area contributed by atoms with Crippen LogP contribution in [0, 0.1) is 0 Å². The molecule has 1 unspecified atom stereocenters. The summed E-state index contributed by atoms with van der Waals surface area (Å²) in [7, 11) is 0. The monoisotopic (exact) mass is 310 g/mol. The molecule has 2 nitrogen and oxygen atoms in total. The van der Waals surface area contributed by atoms with E-state index in [2.05, 4.69) is 36.1 Å². The number of carboxylic acid groups (broad SMARTS) is 1. The zero-order valence-electron chi connectivity index (χ0n) is 8.76. The lowest BCUT2D eigenvalue weighted by Crippen LogP contribution is -2.10. The number of aliphatic carboxylic acids is 1. The van der Waals surface area contributed by atoms with Crippen LogP contribution in [0.1, 0.15) is 45.4 Å². The van der Waals surface area contributed by atoms with Crippen LogP contribution >= 0.6 is 22.6 Å². The van der Waals surface area contributed by atoms with Gasteiger partial charge >= 0.3 is 5.97 Å². The van der Waals surface area contributed by atoms with E-state index in [4.69, 9.17) is 5.11 Å². The molecule has 1 N–H and O–H groups in total. The molecule has 0 aliphatic carbocycles. The summed E-state index contributed by atoms with van der Waals surface area (Å²) in [5.41, 5.74) is 0.334. The SMILES string of the molecule is C=C(C(=O)O)C(I)CCCCCCC. The Morgan fingerprint density at radius 1 is 1.36 bits per heavy atom. The Balaban J connectivity index is 3.49. The Morgan fingerprint density at radius 2 is 1.93 bits per heavy atom. The van der Waals surface area contributed by atoms with Crippen LogP contribution in [-0.4, -0.2) is 15.0 Å². The number of carbonyl (C=O) groups is 1. The fraction of sp³-hybridized carbons (Fsp3) is 0.727. The maximum Gasteiger partial charge on any atom is 0.332 e. The lowest BCUT2D eigenvalue weighted by molar-refractivity contribution is -0.132. The van der Waals surface area contributed by atoms with Crippen LogP contribution < -0.4 is 0 Å². The predicted octanol–water partition coefficient (Wildman–Crippen LogP) is 3.79. The summed E-state index contributed by atoms with van der Waals surface area (Å²) in [5.74, 6) is -0.863. The number of hydrogen-bond acceptors (Lipinski definition) is 1. The molecular formula is C11H19IO2. The summed E-state index contributed by atoms with van der Waals surface area (Å²) in [4.78, 5) is 10.6. The lowest BCUT2D eigenvalue weighted by Gasteiger charge is -2.08. The zero-order valence-corrected chi connectivity index (χ0v) is 10.9. The van der Waals surface area contributed by atoms with Crippen molar-refractivity contribution in [3.05, 3.63) is 12.2 Å². The molecule has 82 valence electrons. The molecule has 0 radical (unpaired) electrons. The van der Waals surface area contributed by atoms with E-state index >= 15 is 0 Å². The van der Waals surface area contributed by atoms with Gasteiger partial charge in [0.1, 0.15) is 0 Å². The molecule has 0 aromatic carbocycles. The highest BCUT2D eigenvalue weighted by molar-refractivity contribution is 14.1. The van der Waals surface area contributed by atoms with Crippen molar-refractivity contribution in [1.82, 2.24) is 0 Å². The van der Waals surface area contributed by atoms with Crippen LogP contribution in [0.3, 0.4) is 0 Å². The first-order valence-electron chi connectivity index (χ1n) is 5.15. The van der Waals surface area contributed by atoms with E-state index in [0.717, 1.165) is 12.8 Å². The van der Waals surface area contributed by atoms with E-state index < -0.39 is 5.97 Å². The minimum atomic E-state index is -0.863. The summed E-state index contributed by atoms with van der Waals surface area (Å²) in [6.07, 6.45) is 7.05. The van der Waals surface area contributed by atoms with Crippen molar-refractivity contribution in [1.29, 1.82) is 0 Å². The fourth-order valence-corrected chi connectivity index (χ4v) is 1.94. The second-order valence-electron chi connectivity index (χ2n) is 3.50. The molecule has 3 heteroatoms. The van der Waals surface area contributed by atoms with E-state index in [1.165, 1.54) is 25.7 Å². The second-order valence-corrected chi connectivity index (χ2v) is 5.00. The topological polar surface area (TPSA) is 37.3 Å². The van der Waals surface area contributed by atoms with Gasteiger partial charge in [0.15, 0.2) is 0 Å². The van der Waals surface area contributed by atoms with Crippen LogP contribution in [-0.2, 0) is 4.79 Å². The zero-order chi connectivity index (χ0) is 11.0. The standard InChI is InChI=1S/C11H19IO2/c1-3-4-5-6-7-8-10(12)9(2)11(13)14/h10H,2-8H2,1H3,(H,13,14). The molecule has 0 saturated heterocycles. The second kappa shape index (κ2) is 8.26. The molecular weight excluding hydrogens is 291 g/mol. The van der Waals surface area contributed by atoms with E-state index in [0.29, 0.717) is 5.57 Å². The van der Waals surface area contributed by atoms with Gasteiger partial charge in [-0.1, -0.05) is 68.2 Å². The van der Waals surface area contributed by atoms with Crippen LogP contribution in [0.15, 0.2) is 12.2 Å². The summed E-state index contributed by atoms with van der Waals surface area (Å²) >= 11 is 2.16. The first-order chi connectivity index (χ1) is 6.59. The van der Waals surface area contributed by atoms with E-state index in [-0.39, 0.29) is 3.92 Å². The fourth-order valence-electron chi connectivity index (χ4n) is 1.24. The van der Waals surface area contributed by atoms with Gasteiger partial charge in [-0.15, -0.1) is 0 Å². The molecule has 0 aliphatic rings. The molecule has 14 heavy (non-hydrogen) atoms. The predicted molar refractivity (Wildman–Crippen MR) is 68.0 cm³/mol. The minimum absolute atomic E-state index is 0.0896. The number of carboxylic acids is 1. The molecule has 0 aliphatic heterocycles. The van der Waals surface area contributed by atoms with Gasteiger partial charge < -0.3 is 5.11 Å². The van der Waals surface area contributed by atoms with Gasteiger partial charge in [-0.3, -0.25) is 0 Å². The number of hydrogen-bond donors (Lipinski definition) is 1. The highest BCUT2D eigenvalue weighted by atomic mass is 127. The molecule has 0 bridgehead atoms. The van der Waals surface area contributed by atoms with Gasteiger partial charge in [0.05, 0.1) is 0 Å². The molecule has 0 spiro atoms. The van der Waals surface area contributed by atoms with E-state index in [1.807, 2.05) is 0 Å². The Kier molecular flexibility index (Phi) is 8.23. The first kappa shape index (κ1) is 13.9. The first-order valence-corrected chi connectivity index (χ1v) is 6.40. The summed E-state index contributed by atoms with van der Waals surface area (Å²) in [6, 6.07) is 0. The van der Waals surface area contributed by atoms with Crippen molar-refractivity contribution in [3.8, 4) is 0 Å². The number of alkyl halides is 1. The third-order valence-electron chi connectivity index (χ3n) is 2.21. The van der Waals surface area contributed by atoms with Gasteiger partial charge in [0, 0.05) is 9.50 Å². The quantitative estimate of drug-likeness (QED) is 0.320. The van der Waals surface area contributed by atoms with Crippen LogP contribution in [0.4, 0.5) is 0 Å². The minimum Gasteiger partial charge on any atom is -0.478 e. The molecule has 0 aromatic rings. The lowest BCUT2D eigenvalue weighted by atomic mass is 10.1. The number of halogens is 1. The molecule has 0 aromatic heterocycles. The maximum absolute atomic E-state index is 10.6. The highest BCUT2D eigenvalue weighted by Crippen LogP contribution is 2.19. The number of rotatable bonds is 8. The highest BCUT2D eigenvalue weighted by Gasteiger charge is 2.13. The van der Waals surface area contributed by atoms with Crippen molar-refractivity contribution in [2.24, 2.45) is 0 Å². The van der Waals surface area contributed by atoms with Gasteiger partial charge in [0.25, 0.3) is 0 Å².